The molecule has 2 heterocycles. The number of piperidine rings is 1. The van der Waals surface area contributed by atoms with Crippen molar-refractivity contribution in [2.75, 3.05) is 19.7 Å². The molecule has 0 radical (unpaired) electrons. The normalized spacial score (nSPS) is 29.7. The quantitative estimate of drug-likeness (QED) is 0.670. The highest BCUT2D eigenvalue weighted by atomic mass is 16.7. The summed E-state index contributed by atoms with van der Waals surface area (Å²) in [5, 5.41) is 4.91. The van der Waals surface area contributed by atoms with Crippen LogP contribution in [-0.4, -0.2) is 36.7 Å². The molecular formula is C9H16N2O2. The van der Waals surface area contributed by atoms with Crippen LogP contribution in [0.3, 0.4) is 0 Å². The smallest absolute Gasteiger partial charge is 0.248 e. The van der Waals surface area contributed by atoms with Crippen LogP contribution in [0.1, 0.15) is 25.7 Å². The molecule has 2 saturated heterocycles. The molecule has 0 spiro atoms. The second-order valence-electron chi connectivity index (χ2n) is 3.68. The van der Waals surface area contributed by atoms with Crippen molar-refractivity contribution in [1.29, 1.82) is 0 Å². The van der Waals surface area contributed by atoms with E-state index in [9.17, 15) is 4.79 Å². The van der Waals surface area contributed by atoms with Gasteiger partial charge < -0.3 is 5.32 Å². The van der Waals surface area contributed by atoms with Crippen LogP contribution < -0.4 is 5.32 Å². The minimum atomic E-state index is 0.132. The van der Waals surface area contributed by atoms with Crippen LogP contribution in [0, 0.1) is 0 Å². The number of nitrogens with zero attached hydrogens (tertiary/aromatic N) is 1. The van der Waals surface area contributed by atoms with Crippen LogP contribution in [0.15, 0.2) is 0 Å². The highest BCUT2D eigenvalue weighted by Gasteiger charge is 2.25. The van der Waals surface area contributed by atoms with E-state index in [0.29, 0.717) is 19.1 Å². The molecule has 1 atom stereocenters. The van der Waals surface area contributed by atoms with E-state index in [4.69, 9.17) is 4.84 Å². The van der Waals surface area contributed by atoms with E-state index in [0.717, 1.165) is 19.5 Å². The average Bonchev–Trinajstić information content (AvgIpc) is 2.54. The van der Waals surface area contributed by atoms with Crippen molar-refractivity contribution in [3.05, 3.63) is 0 Å². The molecular weight excluding hydrogens is 168 g/mol. The maximum atomic E-state index is 11.2. The fourth-order valence-corrected chi connectivity index (χ4v) is 1.87. The van der Waals surface area contributed by atoms with E-state index in [1.54, 1.807) is 0 Å². The number of rotatable bonds is 2. The van der Waals surface area contributed by atoms with Crippen LogP contribution in [-0.2, 0) is 9.63 Å². The molecule has 0 bridgehead atoms. The standard InChI is InChI=1S/C9H16N2O2/c12-9-4-6-13-11(9)7-8-3-1-2-5-10-8/h8,10H,1-7H2. The Balaban J connectivity index is 1.79. The summed E-state index contributed by atoms with van der Waals surface area (Å²) in [5.74, 6) is 0.132. The number of hydrogen-bond acceptors (Lipinski definition) is 3. The van der Waals surface area contributed by atoms with E-state index in [1.165, 1.54) is 17.9 Å². The summed E-state index contributed by atoms with van der Waals surface area (Å²) in [5.41, 5.74) is 0. The van der Waals surface area contributed by atoms with Gasteiger partial charge in [-0.05, 0) is 19.4 Å². The van der Waals surface area contributed by atoms with Gasteiger partial charge in [-0.1, -0.05) is 6.42 Å². The van der Waals surface area contributed by atoms with Crippen molar-refractivity contribution >= 4 is 5.91 Å². The molecule has 74 valence electrons. The molecule has 1 N–H and O–H groups in total. The van der Waals surface area contributed by atoms with Gasteiger partial charge in [-0.25, -0.2) is 5.06 Å². The number of nitrogens with one attached hydrogen (secondary N) is 1. The highest BCUT2D eigenvalue weighted by Crippen LogP contribution is 2.12. The number of hydroxylamine groups is 2. The van der Waals surface area contributed by atoms with Crippen molar-refractivity contribution in [3.63, 3.8) is 0 Å². The third kappa shape index (κ3) is 2.19. The fraction of sp³-hybridized carbons (Fsp3) is 0.889. The van der Waals surface area contributed by atoms with Gasteiger partial charge in [0.1, 0.15) is 0 Å². The predicted octanol–water partition coefficient (Wildman–Crippen LogP) is 0.292. The van der Waals surface area contributed by atoms with Gasteiger partial charge in [-0.15, -0.1) is 0 Å². The zero-order valence-corrected chi connectivity index (χ0v) is 7.79. The van der Waals surface area contributed by atoms with Crippen molar-refractivity contribution < 1.29 is 9.63 Å². The van der Waals surface area contributed by atoms with Gasteiger partial charge in [0.2, 0.25) is 5.91 Å². The van der Waals surface area contributed by atoms with Gasteiger partial charge in [0.05, 0.1) is 19.6 Å². The third-order valence-corrected chi connectivity index (χ3v) is 2.64. The zero-order chi connectivity index (χ0) is 9.10. The molecule has 4 nitrogen and oxygen atoms in total. The topological polar surface area (TPSA) is 41.6 Å². The Labute approximate surface area is 78.2 Å². The lowest BCUT2D eigenvalue weighted by Crippen LogP contribution is -2.43. The van der Waals surface area contributed by atoms with Crippen molar-refractivity contribution in [1.82, 2.24) is 10.4 Å². The first-order valence-electron chi connectivity index (χ1n) is 5.03. The van der Waals surface area contributed by atoms with Crippen LogP contribution >= 0.6 is 0 Å². The molecule has 2 rings (SSSR count). The van der Waals surface area contributed by atoms with Crippen LogP contribution in [0.5, 0.6) is 0 Å². The first-order chi connectivity index (χ1) is 6.36. The molecule has 0 aliphatic carbocycles. The largest absolute Gasteiger partial charge is 0.312 e. The monoisotopic (exact) mass is 184 g/mol. The molecule has 0 saturated carbocycles. The maximum absolute atomic E-state index is 11.2. The molecule has 2 aliphatic heterocycles. The number of hydrogen-bond donors (Lipinski definition) is 1. The Morgan fingerprint density at radius 2 is 2.46 bits per heavy atom. The van der Waals surface area contributed by atoms with Gasteiger partial charge in [0, 0.05) is 6.04 Å². The van der Waals surface area contributed by atoms with E-state index in [1.807, 2.05) is 0 Å². The van der Waals surface area contributed by atoms with Gasteiger partial charge in [0.15, 0.2) is 0 Å². The maximum Gasteiger partial charge on any atom is 0.248 e. The Bertz CT molecular complexity index is 190. The van der Waals surface area contributed by atoms with Crippen molar-refractivity contribution in [2.24, 2.45) is 0 Å². The van der Waals surface area contributed by atoms with E-state index >= 15 is 0 Å². The van der Waals surface area contributed by atoms with Crippen LogP contribution in [0.25, 0.3) is 0 Å². The summed E-state index contributed by atoms with van der Waals surface area (Å²) < 4.78 is 0. The second kappa shape index (κ2) is 4.07. The first-order valence-corrected chi connectivity index (χ1v) is 5.03. The number of carbonyl (C=O) groups is 1. The van der Waals surface area contributed by atoms with Gasteiger partial charge in [-0.3, -0.25) is 9.63 Å². The van der Waals surface area contributed by atoms with E-state index < -0.39 is 0 Å². The average molecular weight is 184 g/mol. The second-order valence-corrected chi connectivity index (χ2v) is 3.68. The van der Waals surface area contributed by atoms with E-state index in [2.05, 4.69) is 5.32 Å². The Kier molecular flexibility index (Phi) is 2.80. The van der Waals surface area contributed by atoms with Gasteiger partial charge >= 0.3 is 0 Å². The zero-order valence-electron chi connectivity index (χ0n) is 7.79. The molecule has 1 amide bonds. The highest BCUT2D eigenvalue weighted by molar-refractivity contribution is 5.76. The molecule has 0 aromatic carbocycles. The fourth-order valence-electron chi connectivity index (χ4n) is 1.87. The van der Waals surface area contributed by atoms with Crippen LogP contribution in [0.2, 0.25) is 0 Å². The lowest BCUT2D eigenvalue weighted by Gasteiger charge is -2.26. The third-order valence-electron chi connectivity index (χ3n) is 2.64. The lowest BCUT2D eigenvalue weighted by atomic mass is 10.1. The summed E-state index contributed by atoms with van der Waals surface area (Å²) in [6.45, 7) is 2.36. The molecule has 4 heteroatoms. The van der Waals surface area contributed by atoms with Crippen molar-refractivity contribution in [3.8, 4) is 0 Å². The summed E-state index contributed by atoms with van der Waals surface area (Å²) >= 11 is 0. The summed E-state index contributed by atoms with van der Waals surface area (Å²) in [6, 6.07) is 0.441. The van der Waals surface area contributed by atoms with Crippen molar-refractivity contribution in [2.45, 2.75) is 31.7 Å². The molecule has 1 unspecified atom stereocenters. The molecule has 0 aromatic heterocycles. The first kappa shape index (κ1) is 8.97. The Hall–Kier alpha value is -0.610. The lowest BCUT2D eigenvalue weighted by molar-refractivity contribution is -0.163. The Morgan fingerprint density at radius 1 is 1.54 bits per heavy atom. The number of amides is 1. The minimum absolute atomic E-state index is 0.132. The molecule has 0 aromatic rings. The summed E-state index contributed by atoms with van der Waals surface area (Å²) in [4.78, 5) is 16.4. The molecule has 2 fully saturated rings. The predicted molar refractivity (Wildman–Crippen MR) is 47.9 cm³/mol. The molecule has 2 aliphatic rings. The van der Waals surface area contributed by atoms with Crippen LogP contribution in [0.4, 0.5) is 0 Å². The summed E-state index contributed by atoms with van der Waals surface area (Å²) in [6.07, 6.45) is 4.23. The van der Waals surface area contributed by atoms with E-state index in [-0.39, 0.29) is 5.91 Å². The molecule has 13 heavy (non-hydrogen) atoms. The van der Waals surface area contributed by atoms with Gasteiger partial charge in [0.25, 0.3) is 0 Å². The minimum Gasteiger partial charge on any atom is -0.312 e. The SMILES string of the molecule is O=C1CCON1CC1CCCCN1. The Morgan fingerprint density at radius 3 is 3.08 bits per heavy atom. The summed E-state index contributed by atoms with van der Waals surface area (Å²) in [7, 11) is 0. The van der Waals surface area contributed by atoms with Gasteiger partial charge in [-0.2, -0.15) is 0 Å². The number of carbonyl (C=O) groups excluding carboxylic acids is 1.